The first kappa shape index (κ1) is 15.9. The molecule has 0 saturated carbocycles. The van der Waals surface area contributed by atoms with Crippen molar-refractivity contribution in [2.75, 3.05) is 0 Å². The maximum Gasteiger partial charge on any atom is 0.387 e. The van der Waals surface area contributed by atoms with Gasteiger partial charge in [-0.05, 0) is 24.1 Å². The lowest BCUT2D eigenvalue weighted by Crippen LogP contribution is -2.40. The highest BCUT2D eigenvalue weighted by atomic mass is 19.3. The van der Waals surface area contributed by atoms with Crippen LogP contribution >= 0.6 is 0 Å². The van der Waals surface area contributed by atoms with Crippen molar-refractivity contribution in [1.82, 2.24) is 5.32 Å². The molecule has 0 aliphatic rings. The standard InChI is InChI=1S/C13H15F2NO4/c1-2-10(12(18)19)16-11(17)7-8-3-5-9(6-4-8)20-13(14)15/h3-6,10,13H,2,7H2,1H3,(H,16,17)(H,18,19)/t10-/m0/s1. The van der Waals surface area contributed by atoms with Crippen LogP contribution in [0.1, 0.15) is 18.9 Å². The van der Waals surface area contributed by atoms with Gasteiger partial charge in [-0.3, -0.25) is 4.79 Å². The predicted octanol–water partition coefficient (Wildman–Crippen LogP) is 1.81. The molecule has 0 aliphatic carbocycles. The maximum absolute atomic E-state index is 11.9. The normalized spacial score (nSPS) is 12.0. The van der Waals surface area contributed by atoms with Crippen LogP contribution in [0.15, 0.2) is 24.3 Å². The molecule has 0 heterocycles. The molecule has 0 fully saturated rings. The average Bonchev–Trinajstić information content (AvgIpc) is 2.37. The van der Waals surface area contributed by atoms with Gasteiger partial charge in [-0.1, -0.05) is 19.1 Å². The third-order valence-corrected chi connectivity index (χ3v) is 2.55. The molecule has 1 aromatic carbocycles. The summed E-state index contributed by atoms with van der Waals surface area (Å²) in [6.45, 7) is -1.25. The summed E-state index contributed by atoms with van der Waals surface area (Å²) in [5.74, 6) is -1.54. The van der Waals surface area contributed by atoms with Crippen molar-refractivity contribution in [3.63, 3.8) is 0 Å². The van der Waals surface area contributed by atoms with Gasteiger partial charge in [0.15, 0.2) is 0 Å². The smallest absolute Gasteiger partial charge is 0.387 e. The summed E-state index contributed by atoms with van der Waals surface area (Å²) in [6, 6.07) is 4.66. The van der Waals surface area contributed by atoms with Crippen LogP contribution in [0, 0.1) is 0 Å². The molecule has 0 spiro atoms. The van der Waals surface area contributed by atoms with Gasteiger partial charge in [-0.25, -0.2) is 4.79 Å². The molecule has 0 bridgehead atoms. The number of benzene rings is 1. The van der Waals surface area contributed by atoms with Gasteiger partial charge in [0.25, 0.3) is 0 Å². The molecule has 1 amide bonds. The van der Waals surface area contributed by atoms with Gasteiger partial charge in [0.2, 0.25) is 5.91 Å². The molecule has 0 unspecified atom stereocenters. The van der Waals surface area contributed by atoms with E-state index in [0.717, 1.165) is 0 Å². The summed E-state index contributed by atoms with van der Waals surface area (Å²) in [5.41, 5.74) is 0.573. The number of aliphatic carboxylic acids is 1. The first-order chi connectivity index (χ1) is 9.42. The monoisotopic (exact) mass is 287 g/mol. The molecule has 7 heteroatoms. The van der Waals surface area contributed by atoms with Gasteiger partial charge in [0, 0.05) is 0 Å². The molecular weight excluding hydrogens is 272 g/mol. The Morgan fingerprint density at radius 2 is 1.90 bits per heavy atom. The lowest BCUT2D eigenvalue weighted by molar-refractivity contribution is -0.141. The summed E-state index contributed by atoms with van der Waals surface area (Å²) in [4.78, 5) is 22.4. The summed E-state index contributed by atoms with van der Waals surface area (Å²) in [7, 11) is 0. The number of carboxylic acid groups (broad SMARTS) is 1. The molecule has 0 saturated heterocycles. The van der Waals surface area contributed by atoms with Crippen molar-refractivity contribution in [3.05, 3.63) is 29.8 Å². The molecule has 1 atom stereocenters. The quantitative estimate of drug-likeness (QED) is 0.802. The number of carboxylic acids is 1. The first-order valence-corrected chi connectivity index (χ1v) is 5.98. The highest BCUT2D eigenvalue weighted by Crippen LogP contribution is 2.15. The highest BCUT2D eigenvalue weighted by Gasteiger charge is 2.17. The molecule has 2 N–H and O–H groups in total. The molecule has 20 heavy (non-hydrogen) atoms. The van der Waals surface area contributed by atoms with Gasteiger partial charge < -0.3 is 15.2 Å². The number of halogens is 2. The Labute approximate surface area is 114 Å². The van der Waals surface area contributed by atoms with Crippen molar-refractivity contribution >= 4 is 11.9 Å². The second-order valence-electron chi connectivity index (χ2n) is 4.07. The number of ether oxygens (including phenoxy) is 1. The zero-order valence-electron chi connectivity index (χ0n) is 10.8. The molecule has 0 aromatic heterocycles. The van der Waals surface area contributed by atoms with Crippen LogP contribution in [0.4, 0.5) is 8.78 Å². The van der Waals surface area contributed by atoms with Crippen LogP contribution in [0.3, 0.4) is 0 Å². The summed E-state index contributed by atoms with van der Waals surface area (Å²) < 4.78 is 28.1. The first-order valence-electron chi connectivity index (χ1n) is 5.98. The molecule has 0 aliphatic heterocycles. The number of nitrogens with one attached hydrogen (secondary N) is 1. The second-order valence-corrected chi connectivity index (χ2v) is 4.07. The Balaban J connectivity index is 2.55. The zero-order chi connectivity index (χ0) is 15.1. The van der Waals surface area contributed by atoms with E-state index in [1.807, 2.05) is 0 Å². The lowest BCUT2D eigenvalue weighted by Gasteiger charge is -2.12. The lowest BCUT2D eigenvalue weighted by atomic mass is 10.1. The number of hydrogen-bond donors (Lipinski definition) is 2. The number of carbonyl (C=O) groups excluding carboxylic acids is 1. The van der Waals surface area contributed by atoms with Gasteiger partial charge in [-0.2, -0.15) is 8.78 Å². The van der Waals surface area contributed by atoms with E-state index in [1.54, 1.807) is 6.92 Å². The number of hydrogen-bond acceptors (Lipinski definition) is 3. The largest absolute Gasteiger partial charge is 0.480 e. The van der Waals surface area contributed by atoms with Crippen molar-refractivity contribution in [3.8, 4) is 5.75 Å². The summed E-state index contributed by atoms with van der Waals surface area (Å²) >= 11 is 0. The third kappa shape index (κ3) is 5.21. The van der Waals surface area contributed by atoms with Crippen molar-refractivity contribution < 1.29 is 28.2 Å². The fourth-order valence-electron chi connectivity index (χ4n) is 1.56. The van der Waals surface area contributed by atoms with Crippen LogP contribution in [0.2, 0.25) is 0 Å². The van der Waals surface area contributed by atoms with Crippen molar-refractivity contribution in [1.29, 1.82) is 0 Å². The molecule has 110 valence electrons. The molecule has 5 nitrogen and oxygen atoms in total. The van der Waals surface area contributed by atoms with E-state index in [9.17, 15) is 18.4 Å². The topological polar surface area (TPSA) is 75.6 Å². The van der Waals surface area contributed by atoms with Crippen LogP contribution < -0.4 is 10.1 Å². The fraction of sp³-hybridized carbons (Fsp3) is 0.385. The highest BCUT2D eigenvalue weighted by molar-refractivity contribution is 5.84. The number of amides is 1. The Morgan fingerprint density at radius 3 is 2.35 bits per heavy atom. The minimum atomic E-state index is -2.90. The van der Waals surface area contributed by atoms with E-state index in [0.29, 0.717) is 5.56 Å². The second kappa shape index (κ2) is 7.42. The Kier molecular flexibility index (Phi) is 5.89. The van der Waals surface area contributed by atoms with Gasteiger partial charge in [0.1, 0.15) is 11.8 Å². The minimum Gasteiger partial charge on any atom is -0.480 e. The predicted molar refractivity (Wildman–Crippen MR) is 66.6 cm³/mol. The van der Waals surface area contributed by atoms with Gasteiger partial charge >= 0.3 is 12.6 Å². The van der Waals surface area contributed by atoms with E-state index in [1.165, 1.54) is 24.3 Å². The van der Waals surface area contributed by atoms with E-state index in [2.05, 4.69) is 10.1 Å². The minimum absolute atomic E-state index is 0.00105. The van der Waals surface area contributed by atoms with Gasteiger partial charge in [0.05, 0.1) is 6.42 Å². The average molecular weight is 287 g/mol. The van der Waals surface area contributed by atoms with Crippen LogP contribution in [-0.4, -0.2) is 29.6 Å². The number of alkyl halides is 2. The number of carbonyl (C=O) groups is 2. The van der Waals surface area contributed by atoms with E-state index < -0.39 is 24.5 Å². The molecule has 1 aromatic rings. The van der Waals surface area contributed by atoms with Gasteiger partial charge in [-0.15, -0.1) is 0 Å². The fourth-order valence-corrected chi connectivity index (χ4v) is 1.56. The summed E-state index contributed by atoms with van der Waals surface area (Å²) in [6.07, 6.45) is 0.251. The Morgan fingerprint density at radius 1 is 1.30 bits per heavy atom. The summed E-state index contributed by atoms with van der Waals surface area (Å²) in [5, 5.41) is 11.2. The Bertz CT molecular complexity index is 462. The van der Waals surface area contributed by atoms with Crippen LogP contribution in [0.25, 0.3) is 0 Å². The zero-order valence-corrected chi connectivity index (χ0v) is 10.8. The Hall–Kier alpha value is -2.18. The molecular formula is C13H15F2NO4. The van der Waals surface area contributed by atoms with Crippen molar-refractivity contribution in [2.45, 2.75) is 32.4 Å². The van der Waals surface area contributed by atoms with Crippen LogP contribution in [0.5, 0.6) is 5.75 Å². The van der Waals surface area contributed by atoms with E-state index >= 15 is 0 Å². The molecule has 1 rings (SSSR count). The maximum atomic E-state index is 11.9. The van der Waals surface area contributed by atoms with E-state index in [-0.39, 0.29) is 18.6 Å². The van der Waals surface area contributed by atoms with E-state index in [4.69, 9.17) is 5.11 Å². The van der Waals surface area contributed by atoms with Crippen molar-refractivity contribution in [2.24, 2.45) is 0 Å². The molecule has 0 radical (unpaired) electrons. The number of rotatable bonds is 7. The SMILES string of the molecule is CC[C@H](NC(=O)Cc1ccc(OC(F)F)cc1)C(=O)O. The van der Waals surface area contributed by atoms with Crippen LogP contribution in [-0.2, 0) is 16.0 Å². The third-order valence-electron chi connectivity index (χ3n) is 2.55.